The number of hydrogen-bond acceptors (Lipinski definition) is 3. The van der Waals surface area contributed by atoms with Crippen LogP contribution in [0.4, 0.5) is 14.9 Å². The van der Waals surface area contributed by atoms with Crippen molar-refractivity contribution in [3.63, 3.8) is 0 Å². The number of halogens is 2. The van der Waals surface area contributed by atoms with E-state index in [9.17, 15) is 14.3 Å². The monoisotopic (exact) mass is 338 g/mol. The second-order valence-electron chi connectivity index (χ2n) is 4.72. The van der Waals surface area contributed by atoms with Crippen LogP contribution in [0.5, 0.6) is 5.75 Å². The summed E-state index contributed by atoms with van der Waals surface area (Å²) in [5, 5.41) is 15.4. The van der Waals surface area contributed by atoms with Crippen LogP contribution in [-0.4, -0.2) is 24.8 Å². The predicted octanol–water partition coefficient (Wildman–Crippen LogP) is 3.34. The standard InChI is InChI=1S/C16H16ClFN2O3/c1-23-15-7-6-10(18)8-13(15)20-16(22)19-9-14(21)11-4-2-3-5-12(11)17/h2-8,14,21H,9H2,1H3,(H2,19,20,22). The van der Waals surface area contributed by atoms with Crippen LogP contribution in [0.2, 0.25) is 5.02 Å². The highest BCUT2D eigenvalue weighted by Crippen LogP contribution is 2.25. The molecule has 23 heavy (non-hydrogen) atoms. The molecule has 0 aliphatic rings. The van der Waals surface area contributed by atoms with E-state index in [2.05, 4.69) is 10.6 Å². The molecule has 3 N–H and O–H groups in total. The van der Waals surface area contributed by atoms with Crippen molar-refractivity contribution in [3.8, 4) is 5.75 Å². The van der Waals surface area contributed by atoms with Gasteiger partial charge >= 0.3 is 6.03 Å². The Morgan fingerprint density at radius 1 is 1.35 bits per heavy atom. The van der Waals surface area contributed by atoms with Gasteiger partial charge in [0, 0.05) is 23.2 Å². The number of rotatable bonds is 5. The van der Waals surface area contributed by atoms with Crippen molar-refractivity contribution in [2.24, 2.45) is 0 Å². The minimum Gasteiger partial charge on any atom is -0.495 e. The molecule has 7 heteroatoms. The van der Waals surface area contributed by atoms with Crippen LogP contribution in [0.25, 0.3) is 0 Å². The van der Waals surface area contributed by atoms with E-state index in [1.54, 1.807) is 24.3 Å². The number of carbonyl (C=O) groups is 1. The van der Waals surface area contributed by atoms with Gasteiger partial charge < -0.3 is 20.5 Å². The summed E-state index contributed by atoms with van der Waals surface area (Å²) in [4.78, 5) is 11.9. The van der Waals surface area contributed by atoms with E-state index in [1.165, 1.54) is 19.2 Å². The summed E-state index contributed by atoms with van der Waals surface area (Å²) < 4.78 is 18.3. The Morgan fingerprint density at radius 2 is 2.09 bits per heavy atom. The first-order valence-electron chi connectivity index (χ1n) is 6.82. The fourth-order valence-corrected chi connectivity index (χ4v) is 2.25. The molecule has 5 nitrogen and oxygen atoms in total. The molecule has 1 unspecified atom stereocenters. The molecule has 0 fully saturated rings. The first-order valence-corrected chi connectivity index (χ1v) is 7.20. The Labute approximate surface area is 138 Å². The number of aliphatic hydroxyl groups is 1. The van der Waals surface area contributed by atoms with Crippen molar-refractivity contribution < 1.29 is 19.0 Å². The normalized spacial score (nSPS) is 11.7. The summed E-state index contributed by atoms with van der Waals surface area (Å²) in [7, 11) is 1.41. The van der Waals surface area contributed by atoms with E-state index in [4.69, 9.17) is 16.3 Å². The molecular formula is C16H16ClFN2O3. The number of ether oxygens (including phenoxy) is 1. The summed E-state index contributed by atoms with van der Waals surface area (Å²) in [5.41, 5.74) is 0.704. The molecule has 2 aromatic rings. The van der Waals surface area contributed by atoms with Crippen LogP contribution in [0.15, 0.2) is 42.5 Å². The lowest BCUT2D eigenvalue weighted by atomic mass is 10.1. The zero-order valence-corrected chi connectivity index (χ0v) is 13.1. The molecule has 0 aliphatic heterocycles. The molecule has 0 heterocycles. The molecule has 0 radical (unpaired) electrons. The number of hydrogen-bond donors (Lipinski definition) is 3. The number of benzene rings is 2. The van der Waals surface area contributed by atoms with Crippen LogP contribution in [0, 0.1) is 5.82 Å². The number of methoxy groups -OCH3 is 1. The largest absolute Gasteiger partial charge is 0.495 e. The van der Waals surface area contributed by atoms with E-state index in [-0.39, 0.29) is 12.2 Å². The Bertz CT molecular complexity index is 697. The third-order valence-electron chi connectivity index (χ3n) is 3.13. The van der Waals surface area contributed by atoms with Crippen LogP contribution in [0.3, 0.4) is 0 Å². The van der Waals surface area contributed by atoms with Crippen molar-refractivity contribution in [1.29, 1.82) is 0 Å². The van der Waals surface area contributed by atoms with Crippen molar-refractivity contribution in [3.05, 3.63) is 58.9 Å². The van der Waals surface area contributed by atoms with E-state index in [0.717, 1.165) is 6.07 Å². The van der Waals surface area contributed by atoms with Crippen LogP contribution in [-0.2, 0) is 0 Å². The molecule has 2 aromatic carbocycles. The van der Waals surface area contributed by atoms with E-state index < -0.39 is 18.0 Å². The molecule has 1 atom stereocenters. The minimum absolute atomic E-state index is 0.0484. The quantitative estimate of drug-likeness (QED) is 0.783. The van der Waals surface area contributed by atoms with E-state index >= 15 is 0 Å². The predicted molar refractivity (Wildman–Crippen MR) is 86.4 cm³/mol. The summed E-state index contributed by atoms with van der Waals surface area (Å²) >= 11 is 5.97. The molecule has 0 spiro atoms. The number of nitrogens with one attached hydrogen (secondary N) is 2. The van der Waals surface area contributed by atoms with Crippen molar-refractivity contribution >= 4 is 23.3 Å². The summed E-state index contributed by atoms with van der Waals surface area (Å²) in [6.07, 6.45) is -0.955. The maximum Gasteiger partial charge on any atom is 0.319 e. The highest BCUT2D eigenvalue weighted by Gasteiger charge is 2.13. The molecule has 122 valence electrons. The number of carbonyl (C=O) groups excluding carboxylic acids is 1. The molecule has 0 aliphatic carbocycles. The van der Waals surface area contributed by atoms with E-state index in [1.807, 2.05) is 0 Å². The summed E-state index contributed by atoms with van der Waals surface area (Å²) in [6.45, 7) is -0.0484. The molecular weight excluding hydrogens is 323 g/mol. The zero-order chi connectivity index (χ0) is 16.8. The van der Waals surface area contributed by atoms with Gasteiger partial charge in [-0.15, -0.1) is 0 Å². The SMILES string of the molecule is COc1ccc(F)cc1NC(=O)NCC(O)c1ccccc1Cl. The fraction of sp³-hybridized carbons (Fsp3) is 0.188. The van der Waals surface area contributed by atoms with E-state index in [0.29, 0.717) is 16.3 Å². The number of anilines is 1. The van der Waals surface area contributed by atoms with Gasteiger partial charge in [0.1, 0.15) is 11.6 Å². The first-order chi connectivity index (χ1) is 11.0. The molecule has 0 saturated carbocycles. The topological polar surface area (TPSA) is 70.6 Å². The Balaban J connectivity index is 1.95. The van der Waals surface area contributed by atoms with Crippen molar-refractivity contribution in [2.45, 2.75) is 6.10 Å². The number of aliphatic hydroxyl groups excluding tert-OH is 1. The Kier molecular flexibility index (Phi) is 5.78. The van der Waals surface area contributed by atoms with Crippen molar-refractivity contribution in [1.82, 2.24) is 5.32 Å². The lowest BCUT2D eigenvalue weighted by Gasteiger charge is -2.15. The second kappa shape index (κ2) is 7.80. The summed E-state index contributed by atoms with van der Waals surface area (Å²) in [6, 6.07) is 9.98. The minimum atomic E-state index is -0.955. The third-order valence-corrected chi connectivity index (χ3v) is 3.47. The molecule has 2 rings (SSSR count). The molecule has 0 aromatic heterocycles. The third kappa shape index (κ3) is 4.58. The van der Waals surface area contributed by atoms with Gasteiger partial charge in [-0.05, 0) is 18.2 Å². The van der Waals surface area contributed by atoms with Crippen LogP contribution < -0.4 is 15.4 Å². The fourth-order valence-electron chi connectivity index (χ4n) is 1.99. The van der Waals surface area contributed by atoms with Gasteiger partial charge in [0.2, 0.25) is 0 Å². The maximum atomic E-state index is 13.2. The second-order valence-corrected chi connectivity index (χ2v) is 5.12. The van der Waals surface area contributed by atoms with Gasteiger partial charge in [-0.25, -0.2) is 9.18 Å². The van der Waals surface area contributed by atoms with Gasteiger partial charge in [0.25, 0.3) is 0 Å². The van der Waals surface area contributed by atoms with Gasteiger partial charge in [0.05, 0.1) is 18.9 Å². The lowest BCUT2D eigenvalue weighted by Crippen LogP contribution is -2.32. The zero-order valence-electron chi connectivity index (χ0n) is 12.3. The van der Waals surface area contributed by atoms with Gasteiger partial charge in [-0.2, -0.15) is 0 Å². The highest BCUT2D eigenvalue weighted by molar-refractivity contribution is 6.31. The van der Waals surface area contributed by atoms with Crippen LogP contribution >= 0.6 is 11.6 Å². The van der Waals surface area contributed by atoms with Crippen molar-refractivity contribution in [2.75, 3.05) is 19.0 Å². The summed E-state index contributed by atoms with van der Waals surface area (Å²) in [5.74, 6) is -0.176. The number of urea groups is 1. The van der Waals surface area contributed by atoms with Gasteiger partial charge in [-0.1, -0.05) is 29.8 Å². The molecule has 0 bridgehead atoms. The maximum absolute atomic E-state index is 13.2. The lowest BCUT2D eigenvalue weighted by molar-refractivity contribution is 0.175. The Hall–Kier alpha value is -2.31. The Morgan fingerprint density at radius 3 is 2.78 bits per heavy atom. The van der Waals surface area contributed by atoms with Crippen LogP contribution in [0.1, 0.15) is 11.7 Å². The van der Waals surface area contributed by atoms with Gasteiger partial charge in [-0.3, -0.25) is 0 Å². The smallest absolute Gasteiger partial charge is 0.319 e. The first kappa shape index (κ1) is 17.1. The molecule has 0 saturated heterocycles. The van der Waals surface area contributed by atoms with Gasteiger partial charge in [0.15, 0.2) is 0 Å². The number of amides is 2. The average Bonchev–Trinajstić information content (AvgIpc) is 2.53. The highest BCUT2D eigenvalue weighted by atomic mass is 35.5. The average molecular weight is 339 g/mol. The molecule has 2 amide bonds.